The number of aryl methyl sites for hydroxylation is 2. The molecule has 0 aliphatic heterocycles. The van der Waals surface area contributed by atoms with Crippen molar-refractivity contribution in [3.05, 3.63) is 29.3 Å². The van der Waals surface area contributed by atoms with Crippen LogP contribution in [0.15, 0.2) is 18.2 Å². The van der Waals surface area contributed by atoms with Crippen LogP contribution >= 0.6 is 12.6 Å². The van der Waals surface area contributed by atoms with Gasteiger partial charge in [0.15, 0.2) is 0 Å². The van der Waals surface area contributed by atoms with Gasteiger partial charge in [-0.05, 0) is 48.8 Å². The van der Waals surface area contributed by atoms with E-state index >= 15 is 0 Å². The number of nitrogens with zero attached hydrogens (tertiary/aromatic N) is 1. The predicted octanol–water partition coefficient (Wildman–Crippen LogP) is 3.70. The first-order chi connectivity index (χ1) is 7.56. The number of thiol groups is 1. The first-order valence-electron chi connectivity index (χ1n) is 5.97. The van der Waals surface area contributed by atoms with Crippen molar-refractivity contribution in [3.8, 4) is 0 Å². The minimum absolute atomic E-state index is 0.675. The van der Waals surface area contributed by atoms with E-state index in [0.717, 1.165) is 12.3 Å². The summed E-state index contributed by atoms with van der Waals surface area (Å²) in [6.07, 6.45) is 1.19. The third kappa shape index (κ3) is 3.75. The molecule has 16 heavy (non-hydrogen) atoms. The number of hydrogen-bond acceptors (Lipinski definition) is 2. The van der Waals surface area contributed by atoms with E-state index in [4.69, 9.17) is 0 Å². The van der Waals surface area contributed by atoms with Crippen molar-refractivity contribution in [2.24, 2.45) is 5.92 Å². The van der Waals surface area contributed by atoms with Gasteiger partial charge in [-0.25, -0.2) is 0 Å². The Morgan fingerprint density at radius 1 is 1.19 bits per heavy atom. The molecule has 0 N–H and O–H groups in total. The van der Waals surface area contributed by atoms with E-state index in [0.29, 0.717) is 5.92 Å². The Morgan fingerprint density at radius 2 is 1.75 bits per heavy atom. The maximum Gasteiger partial charge on any atom is 0.0369 e. The first kappa shape index (κ1) is 13.4. The Morgan fingerprint density at radius 3 is 2.19 bits per heavy atom. The van der Waals surface area contributed by atoms with Gasteiger partial charge in [0.1, 0.15) is 0 Å². The van der Waals surface area contributed by atoms with Gasteiger partial charge < -0.3 is 4.90 Å². The number of hydrogen-bond donors (Lipinski definition) is 1. The van der Waals surface area contributed by atoms with Crippen LogP contribution in [0, 0.1) is 19.8 Å². The summed E-state index contributed by atoms with van der Waals surface area (Å²) in [4.78, 5) is 2.34. The van der Waals surface area contributed by atoms with Crippen molar-refractivity contribution in [3.63, 3.8) is 0 Å². The molecule has 1 atom stereocenters. The Bertz CT molecular complexity index is 311. The Hall–Kier alpha value is -0.630. The van der Waals surface area contributed by atoms with Crippen molar-refractivity contribution < 1.29 is 0 Å². The Balaban J connectivity index is 2.75. The fraction of sp³-hybridized carbons (Fsp3) is 0.571. The number of benzene rings is 1. The van der Waals surface area contributed by atoms with Crippen molar-refractivity contribution >= 4 is 18.3 Å². The van der Waals surface area contributed by atoms with Crippen molar-refractivity contribution in [2.75, 3.05) is 24.2 Å². The van der Waals surface area contributed by atoms with Crippen LogP contribution in [-0.4, -0.2) is 19.3 Å². The van der Waals surface area contributed by atoms with Gasteiger partial charge in [0.25, 0.3) is 0 Å². The van der Waals surface area contributed by atoms with Gasteiger partial charge in [0.05, 0.1) is 0 Å². The Labute approximate surface area is 105 Å². The second-order valence-electron chi connectivity index (χ2n) is 4.68. The molecule has 1 aromatic carbocycles. The number of rotatable bonds is 5. The van der Waals surface area contributed by atoms with Gasteiger partial charge in [-0.1, -0.05) is 19.4 Å². The summed E-state index contributed by atoms with van der Waals surface area (Å²) in [5.74, 6) is 1.64. The van der Waals surface area contributed by atoms with Crippen LogP contribution in [-0.2, 0) is 0 Å². The van der Waals surface area contributed by atoms with E-state index in [1.807, 2.05) is 0 Å². The second-order valence-corrected chi connectivity index (χ2v) is 5.05. The van der Waals surface area contributed by atoms with Gasteiger partial charge >= 0.3 is 0 Å². The molecule has 0 heterocycles. The maximum atomic E-state index is 4.40. The normalized spacial score (nSPS) is 12.6. The van der Waals surface area contributed by atoms with Crippen LogP contribution in [0.2, 0.25) is 0 Å². The largest absolute Gasteiger partial charge is 0.374 e. The molecular formula is C14H23NS. The average Bonchev–Trinajstić information content (AvgIpc) is 2.24. The molecule has 90 valence electrons. The third-order valence-electron chi connectivity index (χ3n) is 3.01. The van der Waals surface area contributed by atoms with E-state index < -0.39 is 0 Å². The van der Waals surface area contributed by atoms with Gasteiger partial charge in [-0.2, -0.15) is 12.6 Å². The van der Waals surface area contributed by atoms with E-state index in [1.54, 1.807) is 0 Å². The third-order valence-corrected chi connectivity index (χ3v) is 3.53. The summed E-state index contributed by atoms with van der Waals surface area (Å²) < 4.78 is 0. The summed E-state index contributed by atoms with van der Waals surface area (Å²) in [5, 5.41) is 0. The lowest BCUT2D eigenvalue weighted by molar-refractivity contribution is 0.570. The fourth-order valence-electron chi connectivity index (χ4n) is 1.98. The van der Waals surface area contributed by atoms with Crippen LogP contribution in [0.25, 0.3) is 0 Å². The van der Waals surface area contributed by atoms with Crippen molar-refractivity contribution in [1.29, 1.82) is 0 Å². The molecule has 0 aliphatic carbocycles. The van der Waals surface area contributed by atoms with E-state index in [1.165, 1.54) is 23.2 Å². The monoisotopic (exact) mass is 237 g/mol. The molecule has 0 saturated carbocycles. The summed E-state index contributed by atoms with van der Waals surface area (Å²) in [7, 11) is 2.17. The number of anilines is 1. The topological polar surface area (TPSA) is 3.24 Å². The van der Waals surface area contributed by atoms with Crippen molar-refractivity contribution in [2.45, 2.75) is 27.2 Å². The molecule has 0 spiro atoms. The highest BCUT2D eigenvalue weighted by atomic mass is 32.1. The van der Waals surface area contributed by atoms with Gasteiger partial charge in [0, 0.05) is 19.3 Å². The quantitative estimate of drug-likeness (QED) is 0.764. The molecule has 2 heteroatoms. The highest BCUT2D eigenvalue weighted by Crippen LogP contribution is 2.19. The highest BCUT2D eigenvalue weighted by molar-refractivity contribution is 7.80. The van der Waals surface area contributed by atoms with Crippen LogP contribution in [0.1, 0.15) is 24.5 Å². The smallest absolute Gasteiger partial charge is 0.0369 e. The lowest BCUT2D eigenvalue weighted by atomic mass is 10.1. The van der Waals surface area contributed by atoms with E-state index in [-0.39, 0.29) is 0 Å². The van der Waals surface area contributed by atoms with Crippen LogP contribution in [0.5, 0.6) is 0 Å². The molecule has 0 amide bonds. The zero-order chi connectivity index (χ0) is 12.1. The minimum atomic E-state index is 0.675. The molecular weight excluding hydrogens is 214 g/mol. The van der Waals surface area contributed by atoms with Gasteiger partial charge in [-0.15, -0.1) is 0 Å². The van der Waals surface area contributed by atoms with Gasteiger partial charge in [-0.3, -0.25) is 0 Å². The Kier molecular flexibility index (Phi) is 5.20. The highest BCUT2D eigenvalue weighted by Gasteiger charge is 2.09. The lowest BCUT2D eigenvalue weighted by Crippen LogP contribution is -2.26. The standard InChI is InChI=1S/C14H23NS/c1-5-13(10-16)9-15(4)14-7-11(2)6-12(3)8-14/h6-8,13,16H,5,9-10H2,1-4H3. The molecule has 0 fully saturated rings. The maximum absolute atomic E-state index is 4.40. The zero-order valence-corrected chi connectivity index (χ0v) is 11.7. The van der Waals surface area contributed by atoms with Gasteiger partial charge in [0.2, 0.25) is 0 Å². The average molecular weight is 237 g/mol. The summed E-state index contributed by atoms with van der Waals surface area (Å²) in [6, 6.07) is 6.71. The molecule has 0 aliphatic rings. The van der Waals surface area contributed by atoms with E-state index in [2.05, 4.69) is 63.5 Å². The molecule has 1 aromatic rings. The summed E-state index contributed by atoms with van der Waals surface area (Å²) >= 11 is 4.40. The predicted molar refractivity (Wildman–Crippen MR) is 76.8 cm³/mol. The molecule has 0 saturated heterocycles. The zero-order valence-electron chi connectivity index (χ0n) is 10.8. The van der Waals surface area contributed by atoms with Crippen LogP contribution in [0.4, 0.5) is 5.69 Å². The molecule has 0 aromatic heterocycles. The first-order valence-corrected chi connectivity index (χ1v) is 6.60. The van der Waals surface area contributed by atoms with Crippen LogP contribution in [0.3, 0.4) is 0 Å². The molecule has 1 rings (SSSR count). The molecule has 0 bridgehead atoms. The fourth-order valence-corrected chi connectivity index (χ4v) is 2.35. The minimum Gasteiger partial charge on any atom is -0.374 e. The lowest BCUT2D eigenvalue weighted by Gasteiger charge is -2.24. The summed E-state index contributed by atoms with van der Waals surface area (Å²) in [5.41, 5.74) is 3.99. The second kappa shape index (κ2) is 6.19. The van der Waals surface area contributed by atoms with Crippen LogP contribution < -0.4 is 4.90 Å². The summed E-state index contributed by atoms with van der Waals surface area (Å²) in [6.45, 7) is 7.62. The molecule has 1 unspecified atom stereocenters. The molecule has 1 nitrogen and oxygen atoms in total. The SMILES string of the molecule is CCC(CS)CN(C)c1cc(C)cc(C)c1. The van der Waals surface area contributed by atoms with E-state index in [9.17, 15) is 0 Å². The van der Waals surface area contributed by atoms with Crippen molar-refractivity contribution in [1.82, 2.24) is 0 Å². The molecule has 0 radical (unpaired) electrons.